The maximum atomic E-state index is 12.4. The highest BCUT2D eigenvalue weighted by molar-refractivity contribution is 6.33. The Hall–Kier alpha value is -2.82. The summed E-state index contributed by atoms with van der Waals surface area (Å²) in [5, 5.41) is 4.10. The molecule has 1 N–H and O–H groups in total. The van der Waals surface area contributed by atoms with Crippen LogP contribution in [0.4, 0.5) is 0 Å². The first-order chi connectivity index (χ1) is 14.1. The minimum atomic E-state index is -0.190. The lowest BCUT2D eigenvalue weighted by molar-refractivity contribution is 0.0954. The van der Waals surface area contributed by atoms with Crippen LogP contribution in [-0.4, -0.2) is 22.0 Å². The predicted molar refractivity (Wildman–Crippen MR) is 118 cm³/mol. The van der Waals surface area contributed by atoms with Gasteiger partial charge in [0.25, 0.3) is 5.91 Å². The van der Waals surface area contributed by atoms with Crippen LogP contribution in [0.1, 0.15) is 21.7 Å². The number of fused-ring (bicyclic) bond motifs is 1. The molecule has 4 nitrogen and oxygen atoms in total. The maximum Gasteiger partial charge on any atom is 0.252 e. The number of nitrogens with one attached hydrogen (secondary N) is 1. The van der Waals surface area contributed by atoms with E-state index in [4.69, 9.17) is 28.2 Å². The van der Waals surface area contributed by atoms with Crippen molar-refractivity contribution < 1.29 is 4.79 Å². The van der Waals surface area contributed by atoms with Gasteiger partial charge in [-0.3, -0.25) is 4.79 Å². The molecule has 1 amide bonds. The average Bonchev–Trinajstić information content (AvgIpc) is 3.07. The van der Waals surface area contributed by atoms with E-state index in [1.807, 2.05) is 48.5 Å². The Morgan fingerprint density at radius 2 is 1.59 bits per heavy atom. The molecule has 0 unspecified atom stereocenters. The second-order valence-electron chi connectivity index (χ2n) is 6.68. The normalized spacial score (nSPS) is 11.0. The van der Waals surface area contributed by atoms with E-state index in [2.05, 4.69) is 9.88 Å². The number of rotatable bonds is 6. The van der Waals surface area contributed by atoms with Crippen molar-refractivity contribution in [3.8, 4) is 0 Å². The number of benzene rings is 3. The van der Waals surface area contributed by atoms with Gasteiger partial charge < -0.3 is 9.88 Å². The number of aromatic nitrogens is 2. The zero-order chi connectivity index (χ0) is 20.2. The number of hydrogen-bond donors (Lipinski definition) is 1. The highest BCUT2D eigenvalue weighted by Crippen LogP contribution is 2.22. The van der Waals surface area contributed by atoms with Crippen LogP contribution >= 0.6 is 23.2 Å². The molecular formula is C23H19Cl2N3O. The van der Waals surface area contributed by atoms with Gasteiger partial charge in [0.15, 0.2) is 0 Å². The Morgan fingerprint density at radius 1 is 0.897 bits per heavy atom. The lowest BCUT2D eigenvalue weighted by Gasteiger charge is -2.11. The summed E-state index contributed by atoms with van der Waals surface area (Å²) in [7, 11) is 0. The summed E-state index contributed by atoms with van der Waals surface area (Å²) in [6, 6.07) is 22.8. The molecule has 4 aromatic rings. The molecule has 1 heterocycles. The van der Waals surface area contributed by atoms with Crippen LogP contribution in [-0.2, 0) is 13.0 Å². The van der Waals surface area contributed by atoms with E-state index < -0.39 is 0 Å². The van der Waals surface area contributed by atoms with Crippen LogP contribution in [0.3, 0.4) is 0 Å². The van der Waals surface area contributed by atoms with Crippen LogP contribution in [0.15, 0.2) is 72.8 Å². The van der Waals surface area contributed by atoms with Crippen molar-refractivity contribution in [3.63, 3.8) is 0 Å². The Balaban J connectivity index is 1.55. The molecule has 6 heteroatoms. The van der Waals surface area contributed by atoms with Gasteiger partial charge >= 0.3 is 0 Å². The van der Waals surface area contributed by atoms with Crippen molar-refractivity contribution in [3.05, 3.63) is 99.8 Å². The van der Waals surface area contributed by atoms with Crippen molar-refractivity contribution in [1.82, 2.24) is 14.9 Å². The molecule has 0 bridgehead atoms. The van der Waals surface area contributed by atoms with Gasteiger partial charge in [-0.15, -0.1) is 0 Å². The van der Waals surface area contributed by atoms with E-state index in [0.29, 0.717) is 30.1 Å². The molecule has 0 aliphatic carbocycles. The van der Waals surface area contributed by atoms with Crippen LogP contribution in [0.25, 0.3) is 11.0 Å². The molecule has 0 atom stereocenters. The van der Waals surface area contributed by atoms with E-state index in [-0.39, 0.29) is 5.91 Å². The summed E-state index contributed by atoms with van der Waals surface area (Å²) in [6.45, 7) is 1.07. The molecular weight excluding hydrogens is 405 g/mol. The Morgan fingerprint density at radius 3 is 2.38 bits per heavy atom. The monoisotopic (exact) mass is 423 g/mol. The molecule has 0 spiro atoms. The van der Waals surface area contributed by atoms with Gasteiger partial charge in [0, 0.05) is 18.0 Å². The predicted octanol–water partition coefficient (Wildman–Crippen LogP) is 5.36. The third kappa shape index (κ3) is 4.29. The van der Waals surface area contributed by atoms with E-state index in [9.17, 15) is 4.79 Å². The van der Waals surface area contributed by atoms with Gasteiger partial charge in [0.05, 0.1) is 28.2 Å². The largest absolute Gasteiger partial charge is 0.352 e. The molecule has 1 aromatic heterocycles. The first-order valence-electron chi connectivity index (χ1n) is 9.34. The van der Waals surface area contributed by atoms with Crippen LogP contribution in [0, 0.1) is 0 Å². The summed E-state index contributed by atoms with van der Waals surface area (Å²) in [4.78, 5) is 17.2. The summed E-state index contributed by atoms with van der Waals surface area (Å²) in [5.41, 5.74) is 3.46. The molecule has 0 radical (unpaired) electrons. The lowest BCUT2D eigenvalue weighted by atomic mass is 10.2. The van der Waals surface area contributed by atoms with Crippen molar-refractivity contribution in [2.75, 3.05) is 6.54 Å². The first-order valence-corrected chi connectivity index (χ1v) is 10.1. The smallest absolute Gasteiger partial charge is 0.252 e. The highest BCUT2D eigenvalue weighted by Gasteiger charge is 2.13. The highest BCUT2D eigenvalue weighted by atomic mass is 35.5. The number of para-hydroxylation sites is 2. The standard InChI is InChI=1S/C23H19Cl2N3O/c24-18-9-3-1-7-16(18)15-28-21-12-6-5-11-20(21)27-22(28)13-14-26-23(29)17-8-2-4-10-19(17)25/h1-12H,13-15H2,(H,26,29). The molecule has 0 aliphatic heterocycles. The van der Waals surface area contributed by atoms with E-state index in [1.54, 1.807) is 24.3 Å². The average molecular weight is 424 g/mol. The van der Waals surface area contributed by atoms with Crippen molar-refractivity contribution >= 4 is 40.1 Å². The van der Waals surface area contributed by atoms with Crippen LogP contribution in [0.2, 0.25) is 10.0 Å². The summed E-state index contributed by atoms with van der Waals surface area (Å²) in [5.74, 6) is 0.704. The zero-order valence-electron chi connectivity index (χ0n) is 15.6. The fraction of sp³-hybridized carbons (Fsp3) is 0.130. The first kappa shape index (κ1) is 19.5. The van der Waals surface area contributed by atoms with Gasteiger partial charge in [0.2, 0.25) is 0 Å². The summed E-state index contributed by atoms with van der Waals surface area (Å²) in [6.07, 6.45) is 0.593. The second kappa shape index (κ2) is 8.68. The minimum Gasteiger partial charge on any atom is -0.352 e. The van der Waals surface area contributed by atoms with Gasteiger partial charge in [-0.05, 0) is 35.9 Å². The number of imidazole rings is 1. The fourth-order valence-electron chi connectivity index (χ4n) is 3.32. The topological polar surface area (TPSA) is 46.9 Å². The summed E-state index contributed by atoms with van der Waals surface area (Å²) < 4.78 is 2.15. The molecule has 3 aromatic carbocycles. The number of hydrogen-bond acceptors (Lipinski definition) is 2. The SMILES string of the molecule is O=C(NCCc1nc2ccccc2n1Cc1ccccc1Cl)c1ccccc1Cl. The number of carbonyl (C=O) groups is 1. The third-order valence-electron chi connectivity index (χ3n) is 4.77. The van der Waals surface area contributed by atoms with Gasteiger partial charge in [-0.2, -0.15) is 0 Å². The van der Waals surface area contributed by atoms with Crippen LogP contribution < -0.4 is 5.32 Å². The lowest BCUT2D eigenvalue weighted by Crippen LogP contribution is -2.26. The second-order valence-corrected chi connectivity index (χ2v) is 7.49. The third-order valence-corrected chi connectivity index (χ3v) is 5.47. The van der Waals surface area contributed by atoms with Crippen LogP contribution in [0.5, 0.6) is 0 Å². The fourth-order valence-corrected chi connectivity index (χ4v) is 3.74. The maximum absolute atomic E-state index is 12.4. The van der Waals surface area contributed by atoms with Gasteiger partial charge in [-0.1, -0.05) is 65.7 Å². The number of nitrogens with zero attached hydrogens (tertiary/aromatic N) is 2. The minimum absolute atomic E-state index is 0.190. The Kier molecular flexibility index (Phi) is 5.84. The number of carbonyl (C=O) groups excluding carboxylic acids is 1. The Labute approximate surface area is 179 Å². The van der Waals surface area contributed by atoms with Gasteiger partial charge in [-0.25, -0.2) is 4.98 Å². The molecule has 0 saturated carbocycles. The Bertz CT molecular complexity index is 1170. The molecule has 0 fully saturated rings. The van der Waals surface area contributed by atoms with E-state index >= 15 is 0 Å². The number of halogens is 2. The van der Waals surface area contributed by atoms with Gasteiger partial charge in [0.1, 0.15) is 5.82 Å². The molecule has 146 valence electrons. The van der Waals surface area contributed by atoms with E-state index in [0.717, 1.165) is 27.4 Å². The number of amides is 1. The zero-order valence-corrected chi connectivity index (χ0v) is 17.1. The quantitative estimate of drug-likeness (QED) is 0.453. The summed E-state index contributed by atoms with van der Waals surface area (Å²) >= 11 is 12.5. The molecule has 4 rings (SSSR count). The van der Waals surface area contributed by atoms with Crippen molar-refractivity contribution in [1.29, 1.82) is 0 Å². The molecule has 29 heavy (non-hydrogen) atoms. The molecule has 0 aliphatic rings. The molecule has 0 saturated heterocycles. The van der Waals surface area contributed by atoms with Crippen molar-refractivity contribution in [2.24, 2.45) is 0 Å². The van der Waals surface area contributed by atoms with E-state index in [1.165, 1.54) is 0 Å². The van der Waals surface area contributed by atoms with Crippen molar-refractivity contribution in [2.45, 2.75) is 13.0 Å².